The van der Waals surface area contributed by atoms with Crippen molar-refractivity contribution in [3.8, 4) is 0 Å². The number of carboxylic acid groups (broad SMARTS) is 1. The average Bonchev–Trinajstić information content (AvgIpc) is 2.98. The molecule has 2 atom stereocenters. The number of allylic oxidation sites excluding steroid dienone is 1. The molecule has 0 aliphatic heterocycles. The van der Waals surface area contributed by atoms with Crippen LogP contribution in [-0.4, -0.2) is 28.2 Å². The van der Waals surface area contributed by atoms with Crippen LogP contribution in [0.15, 0.2) is 11.6 Å². The Morgan fingerprint density at radius 1 is 1.50 bits per heavy atom. The highest BCUT2D eigenvalue weighted by atomic mass is 31.1. The lowest BCUT2D eigenvalue weighted by Crippen LogP contribution is -2.13. The van der Waals surface area contributed by atoms with E-state index in [1.54, 1.807) is 19.9 Å². The fourth-order valence-corrected chi connectivity index (χ4v) is 3.01. The number of aliphatic carboxylic acids is 1. The van der Waals surface area contributed by atoms with Crippen molar-refractivity contribution in [1.82, 2.24) is 0 Å². The van der Waals surface area contributed by atoms with E-state index in [-0.39, 0.29) is 17.7 Å². The molecule has 0 spiro atoms. The number of carbonyl (C=O) groups is 1. The maximum absolute atomic E-state index is 11.7. The van der Waals surface area contributed by atoms with Crippen LogP contribution >= 0.6 is 7.80 Å². The molecule has 2 N–H and O–H groups in total. The van der Waals surface area contributed by atoms with Gasteiger partial charge in [-0.15, -0.1) is 0 Å². The third-order valence-corrected chi connectivity index (χ3v) is 4.72. The Hall–Kier alpha value is -0.600. The quantitative estimate of drug-likeness (QED) is 0.554. The summed E-state index contributed by atoms with van der Waals surface area (Å²) in [4.78, 5) is 10.9. The highest BCUT2D eigenvalue weighted by Gasteiger charge is 2.24. The van der Waals surface area contributed by atoms with Gasteiger partial charge in [0.05, 0.1) is 0 Å². The van der Waals surface area contributed by atoms with Crippen LogP contribution in [0, 0.1) is 11.8 Å². The second-order valence-corrected chi connectivity index (χ2v) is 6.54. The van der Waals surface area contributed by atoms with Crippen molar-refractivity contribution in [2.45, 2.75) is 32.5 Å². The molecule has 4 nitrogen and oxygen atoms in total. The first-order valence-corrected chi connectivity index (χ1v) is 7.26. The normalized spacial score (nSPS) is 20.9. The topological polar surface area (TPSA) is 74.6 Å². The molecule has 0 amide bonds. The van der Waals surface area contributed by atoms with E-state index in [1.807, 2.05) is 0 Å². The van der Waals surface area contributed by atoms with E-state index in [2.05, 4.69) is 0 Å². The smallest absolute Gasteiger partial charge is 0.331 e. The molecular formula is C11H19O4P. The molecule has 92 valence electrons. The van der Waals surface area contributed by atoms with E-state index >= 15 is 0 Å². The minimum atomic E-state index is -2.27. The molecule has 0 radical (unpaired) electrons. The number of carboxylic acids is 1. The van der Waals surface area contributed by atoms with Crippen LogP contribution in [0.3, 0.4) is 0 Å². The minimum Gasteiger partial charge on any atom is -0.478 e. The van der Waals surface area contributed by atoms with Gasteiger partial charge in [-0.3, -0.25) is 0 Å². The van der Waals surface area contributed by atoms with Crippen LogP contribution in [0.2, 0.25) is 0 Å². The summed E-state index contributed by atoms with van der Waals surface area (Å²) in [5.74, 6) is -1.65. The Morgan fingerprint density at radius 3 is 2.44 bits per heavy atom. The van der Waals surface area contributed by atoms with Gasteiger partial charge in [-0.05, 0) is 24.7 Å². The second-order valence-electron chi connectivity index (χ2n) is 4.67. The van der Waals surface area contributed by atoms with E-state index in [0.717, 1.165) is 12.8 Å². The Morgan fingerprint density at radius 2 is 2.06 bits per heavy atom. The largest absolute Gasteiger partial charge is 0.478 e. The Bertz CT molecular complexity index is 318. The van der Waals surface area contributed by atoms with Gasteiger partial charge in [0.1, 0.15) is 13.6 Å². The molecule has 5 heteroatoms. The first-order valence-electron chi connectivity index (χ1n) is 5.56. The molecule has 1 saturated carbocycles. The van der Waals surface area contributed by atoms with Gasteiger partial charge in [0, 0.05) is 11.7 Å². The zero-order chi connectivity index (χ0) is 12.3. The fourth-order valence-electron chi connectivity index (χ4n) is 1.42. The molecule has 2 unspecified atom stereocenters. The summed E-state index contributed by atoms with van der Waals surface area (Å²) in [5, 5.41) is 18.5. The van der Waals surface area contributed by atoms with Gasteiger partial charge in [0.15, 0.2) is 0 Å². The molecule has 0 aromatic heterocycles. The molecule has 0 heterocycles. The standard InChI is InChI=1S/C11H19O4P/c1-7(2)11(14)16(15)6-9(10(12)13)5-8-3-4-8/h5,7-8,11,14,16H,3-4,6H2,1-2H3,(H,12,13). The Labute approximate surface area is 96.1 Å². The molecule has 1 rings (SSSR count). The van der Waals surface area contributed by atoms with Crippen LogP contribution in [-0.2, 0) is 9.36 Å². The summed E-state index contributed by atoms with van der Waals surface area (Å²) >= 11 is 0. The van der Waals surface area contributed by atoms with Crippen LogP contribution in [0.1, 0.15) is 26.7 Å². The zero-order valence-corrected chi connectivity index (χ0v) is 10.6. The first kappa shape index (κ1) is 13.5. The highest BCUT2D eigenvalue weighted by Crippen LogP contribution is 2.36. The third kappa shape index (κ3) is 4.11. The minimum absolute atomic E-state index is 0.00977. The van der Waals surface area contributed by atoms with Crippen molar-refractivity contribution in [3.63, 3.8) is 0 Å². The van der Waals surface area contributed by atoms with E-state index in [0.29, 0.717) is 5.92 Å². The fraction of sp³-hybridized carbons (Fsp3) is 0.727. The number of rotatable bonds is 6. The first-order chi connectivity index (χ1) is 7.41. The van der Waals surface area contributed by atoms with Crippen LogP contribution in [0.4, 0.5) is 0 Å². The molecule has 16 heavy (non-hydrogen) atoms. The van der Waals surface area contributed by atoms with Crippen molar-refractivity contribution in [2.75, 3.05) is 6.16 Å². The third-order valence-electron chi connectivity index (χ3n) is 2.66. The van der Waals surface area contributed by atoms with Crippen molar-refractivity contribution >= 4 is 13.8 Å². The zero-order valence-electron chi connectivity index (χ0n) is 9.64. The number of hydrogen-bond acceptors (Lipinski definition) is 3. The maximum Gasteiger partial charge on any atom is 0.331 e. The van der Waals surface area contributed by atoms with Crippen molar-refractivity contribution < 1.29 is 19.6 Å². The lowest BCUT2D eigenvalue weighted by molar-refractivity contribution is -0.132. The van der Waals surface area contributed by atoms with Gasteiger partial charge in [-0.1, -0.05) is 19.9 Å². The summed E-state index contributed by atoms with van der Waals surface area (Å²) in [6.45, 7) is 3.55. The molecular weight excluding hydrogens is 227 g/mol. The van der Waals surface area contributed by atoms with E-state index < -0.39 is 19.6 Å². The monoisotopic (exact) mass is 246 g/mol. The SMILES string of the molecule is CC(C)C(O)[PH](=O)CC(=CC1CC1)C(=O)O. The maximum atomic E-state index is 11.7. The number of hydrogen-bond donors (Lipinski definition) is 2. The highest BCUT2D eigenvalue weighted by molar-refractivity contribution is 7.45. The summed E-state index contributed by atoms with van der Waals surface area (Å²) in [6.07, 6.45) is 3.74. The lowest BCUT2D eigenvalue weighted by atomic mass is 10.2. The number of aliphatic hydroxyl groups excluding tert-OH is 1. The summed E-state index contributed by atoms with van der Waals surface area (Å²) in [7, 11) is -2.27. The molecule has 1 aliphatic carbocycles. The Balaban J connectivity index is 2.61. The number of aliphatic hydroxyl groups is 1. The predicted octanol–water partition coefficient (Wildman–Crippen LogP) is 1.94. The van der Waals surface area contributed by atoms with Gasteiger partial charge >= 0.3 is 5.97 Å². The molecule has 0 aromatic carbocycles. The van der Waals surface area contributed by atoms with Gasteiger partial charge in [-0.2, -0.15) is 0 Å². The van der Waals surface area contributed by atoms with Crippen molar-refractivity contribution in [3.05, 3.63) is 11.6 Å². The summed E-state index contributed by atoms with van der Waals surface area (Å²) in [5.41, 5.74) is 0.200. The van der Waals surface area contributed by atoms with Gasteiger partial charge in [0.25, 0.3) is 0 Å². The molecule has 0 aromatic rings. The molecule has 1 fully saturated rings. The molecule has 1 aliphatic rings. The van der Waals surface area contributed by atoms with Crippen LogP contribution < -0.4 is 0 Å². The van der Waals surface area contributed by atoms with E-state index in [4.69, 9.17) is 5.11 Å². The molecule has 0 bridgehead atoms. The Kier molecular flexibility index (Phi) is 4.75. The van der Waals surface area contributed by atoms with Gasteiger partial charge in [-0.25, -0.2) is 4.79 Å². The van der Waals surface area contributed by atoms with Crippen LogP contribution in [0.5, 0.6) is 0 Å². The lowest BCUT2D eigenvalue weighted by Gasteiger charge is -2.14. The summed E-state index contributed by atoms with van der Waals surface area (Å²) in [6, 6.07) is 0. The van der Waals surface area contributed by atoms with E-state index in [1.165, 1.54) is 0 Å². The predicted molar refractivity (Wildman–Crippen MR) is 63.2 cm³/mol. The van der Waals surface area contributed by atoms with Crippen LogP contribution in [0.25, 0.3) is 0 Å². The van der Waals surface area contributed by atoms with E-state index in [9.17, 15) is 14.5 Å². The second kappa shape index (κ2) is 5.65. The average molecular weight is 246 g/mol. The summed E-state index contributed by atoms with van der Waals surface area (Å²) < 4.78 is 11.7. The van der Waals surface area contributed by atoms with Gasteiger partial charge < -0.3 is 14.8 Å². The van der Waals surface area contributed by atoms with Crippen molar-refractivity contribution in [1.29, 1.82) is 0 Å². The van der Waals surface area contributed by atoms with Crippen molar-refractivity contribution in [2.24, 2.45) is 11.8 Å². The van der Waals surface area contributed by atoms with Gasteiger partial charge in [0.2, 0.25) is 0 Å². The molecule has 0 saturated heterocycles.